The molecule has 3 heteroatoms. The van der Waals surface area contributed by atoms with Crippen LogP contribution in [-0.4, -0.2) is 9.97 Å². The molecule has 56 valence electrons. The minimum absolute atomic E-state index is 0.481. The average molecular weight is 147 g/mol. The van der Waals surface area contributed by atoms with E-state index in [1.165, 1.54) is 0 Å². The molecule has 1 rings (SSSR count). The van der Waals surface area contributed by atoms with Crippen molar-refractivity contribution in [2.24, 2.45) is 0 Å². The van der Waals surface area contributed by atoms with Gasteiger partial charge in [-0.2, -0.15) is 5.26 Å². The lowest BCUT2D eigenvalue weighted by Gasteiger charge is -2.00. The van der Waals surface area contributed by atoms with E-state index in [2.05, 4.69) is 9.97 Å². The van der Waals surface area contributed by atoms with Crippen molar-refractivity contribution in [1.82, 2.24) is 9.97 Å². The molecule has 0 aliphatic carbocycles. The smallest absolute Gasteiger partial charge is 0.147 e. The second kappa shape index (κ2) is 2.67. The highest BCUT2D eigenvalue weighted by Crippen LogP contribution is 2.06. The van der Waals surface area contributed by atoms with Crippen molar-refractivity contribution in [3.05, 3.63) is 22.8 Å². The lowest BCUT2D eigenvalue weighted by Crippen LogP contribution is -1.98. The van der Waals surface area contributed by atoms with Gasteiger partial charge < -0.3 is 0 Å². The standard InChI is InChI=1S/C8H9N3/c1-5-6(2)10-7(3)11-8(5)4-9/h1-3H3. The third-order valence-corrected chi connectivity index (χ3v) is 1.61. The second-order valence-corrected chi connectivity index (χ2v) is 2.44. The van der Waals surface area contributed by atoms with Crippen molar-refractivity contribution in [2.75, 3.05) is 0 Å². The first-order valence-corrected chi connectivity index (χ1v) is 3.37. The number of rotatable bonds is 0. The van der Waals surface area contributed by atoms with Gasteiger partial charge in [0.25, 0.3) is 0 Å². The van der Waals surface area contributed by atoms with Gasteiger partial charge in [0.1, 0.15) is 17.6 Å². The molecule has 0 unspecified atom stereocenters. The topological polar surface area (TPSA) is 49.6 Å². The highest BCUT2D eigenvalue weighted by Gasteiger charge is 2.03. The number of hydrogen-bond acceptors (Lipinski definition) is 3. The minimum Gasteiger partial charge on any atom is -0.238 e. The maximum absolute atomic E-state index is 8.63. The summed E-state index contributed by atoms with van der Waals surface area (Å²) in [5.41, 5.74) is 2.24. The molecule has 1 heterocycles. The van der Waals surface area contributed by atoms with E-state index >= 15 is 0 Å². The molecule has 0 saturated carbocycles. The van der Waals surface area contributed by atoms with Crippen LogP contribution in [0.25, 0.3) is 0 Å². The van der Waals surface area contributed by atoms with Crippen molar-refractivity contribution in [3.63, 3.8) is 0 Å². The summed E-state index contributed by atoms with van der Waals surface area (Å²) >= 11 is 0. The molecule has 11 heavy (non-hydrogen) atoms. The van der Waals surface area contributed by atoms with E-state index in [9.17, 15) is 0 Å². The molecule has 0 amide bonds. The van der Waals surface area contributed by atoms with Crippen LogP contribution in [0.15, 0.2) is 0 Å². The summed E-state index contributed by atoms with van der Waals surface area (Å²) in [4.78, 5) is 8.10. The first-order valence-electron chi connectivity index (χ1n) is 3.37. The maximum Gasteiger partial charge on any atom is 0.147 e. The van der Waals surface area contributed by atoms with Crippen LogP contribution in [0.5, 0.6) is 0 Å². The van der Waals surface area contributed by atoms with Crippen LogP contribution >= 0.6 is 0 Å². The van der Waals surface area contributed by atoms with Crippen LogP contribution in [0.1, 0.15) is 22.8 Å². The first kappa shape index (κ1) is 7.67. The first-order chi connectivity index (χ1) is 5.15. The zero-order chi connectivity index (χ0) is 8.43. The summed E-state index contributed by atoms with van der Waals surface area (Å²) in [7, 11) is 0. The molecule has 0 aliphatic rings. The monoisotopic (exact) mass is 147 g/mol. The third-order valence-electron chi connectivity index (χ3n) is 1.61. The number of hydrogen-bond donors (Lipinski definition) is 0. The molecule has 0 N–H and O–H groups in total. The van der Waals surface area contributed by atoms with Gasteiger partial charge in [0.05, 0.1) is 0 Å². The zero-order valence-electron chi connectivity index (χ0n) is 6.84. The Hall–Kier alpha value is -1.43. The van der Waals surface area contributed by atoms with Crippen molar-refractivity contribution < 1.29 is 0 Å². The third kappa shape index (κ3) is 1.35. The fourth-order valence-corrected chi connectivity index (χ4v) is 0.877. The molecule has 0 spiro atoms. The van der Waals surface area contributed by atoms with Crippen LogP contribution in [0.3, 0.4) is 0 Å². The highest BCUT2D eigenvalue weighted by molar-refractivity contribution is 5.32. The minimum atomic E-state index is 0.481. The summed E-state index contributed by atoms with van der Waals surface area (Å²) < 4.78 is 0. The Balaban J connectivity index is 3.39. The van der Waals surface area contributed by atoms with Crippen LogP contribution in [0.2, 0.25) is 0 Å². The number of nitriles is 1. The van der Waals surface area contributed by atoms with Gasteiger partial charge in [-0.25, -0.2) is 9.97 Å². The molecule has 3 nitrogen and oxygen atoms in total. The SMILES string of the molecule is Cc1nc(C)c(C)c(C#N)n1. The predicted molar refractivity (Wildman–Crippen MR) is 41.0 cm³/mol. The van der Waals surface area contributed by atoms with E-state index in [0.717, 1.165) is 11.3 Å². The Morgan fingerprint density at radius 2 is 1.82 bits per heavy atom. The van der Waals surface area contributed by atoms with Crippen LogP contribution in [0.4, 0.5) is 0 Å². The van der Waals surface area contributed by atoms with Crippen LogP contribution in [0, 0.1) is 32.1 Å². The Morgan fingerprint density at radius 3 is 2.36 bits per heavy atom. The molecule has 0 aliphatic heterocycles. The van der Waals surface area contributed by atoms with E-state index in [1.54, 1.807) is 6.92 Å². The van der Waals surface area contributed by atoms with Gasteiger partial charge in [-0.15, -0.1) is 0 Å². The Labute approximate surface area is 65.7 Å². The van der Waals surface area contributed by atoms with Gasteiger partial charge in [0, 0.05) is 11.3 Å². The quantitative estimate of drug-likeness (QED) is 0.555. The van der Waals surface area contributed by atoms with Crippen LogP contribution in [-0.2, 0) is 0 Å². The van der Waals surface area contributed by atoms with Crippen LogP contribution < -0.4 is 0 Å². The number of aromatic nitrogens is 2. The molecule has 1 aromatic rings. The van der Waals surface area contributed by atoms with Crippen molar-refractivity contribution in [3.8, 4) is 6.07 Å². The average Bonchev–Trinajstić information content (AvgIpc) is 1.96. The molecular formula is C8H9N3. The Morgan fingerprint density at radius 1 is 1.18 bits per heavy atom. The van der Waals surface area contributed by atoms with Gasteiger partial charge >= 0.3 is 0 Å². The van der Waals surface area contributed by atoms with Gasteiger partial charge in [-0.1, -0.05) is 0 Å². The van der Waals surface area contributed by atoms with Crippen molar-refractivity contribution in [2.45, 2.75) is 20.8 Å². The lowest BCUT2D eigenvalue weighted by atomic mass is 10.2. The molecule has 0 atom stereocenters. The molecule has 0 radical (unpaired) electrons. The van der Waals surface area contributed by atoms with Gasteiger partial charge in [-0.05, 0) is 20.8 Å². The fraction of sp³-hybridized carbons (Fsp3) is 0.375. The van der Waals surface area contributed by atoms with E-state index in [1.807, 2.05) is 19.9 Å². The summed E-state index contributed by atoms with van der Waals surface area (Å²) in [5.74, 6) is 0.657. The molecule has 0 saturated heterocycles. The molecular weight excluding hydrogens is 138 g/mol. The van der Waals surface area contributed by atoms with E-state index in [-0.39, 0.29) is 0 Å². The van der Waals surface area contributed by atoms with E-state index < -0.39 is 0 Å². The normalized spacial score (nSPS) is 9.27. The molecule has 0 bridgehead atoms. The predicted octanol–water partition coefficient (Wildman–Crippen LogP) is 1.27. The second-order valence-electron chi connectivity index (χ2n) is 2.44. The van der Waals surface area contributed by atoms with E-state index in [4.69, 9.17) is 5.26 Å². The molecule has 1 aromatic heterocycles. The maximum atomic E-state index is 8.63. The number of nitrogens with zero attached hydrogens (tertiary/aromatic N) is 3. The zero-order valence-corrected chi connectivity index (χ0v) is 6.84. The van der Waals surface area contributed by atoms with Crippen molar-refractivity contribution >= 4 is 0 Å². The summed E-state index contributed by atoms with van der Waals surface area (Å²) in [6.07, 6.45) is 0. The van der Waals surface area contributed by atoms with Crippen molar-refractivity contribution in [1.29, 1.82) is 5.26 Å². The summed E-state index contributed by atoms with van der Waals surface area (Å²) in [6.45, 7) is 5.52. The Bertz CT molecular complexity index is 323. The molecule has 0 aromatic carbocycles. The highest BCUT2D eigenvalue weighted by atomic mass is 14.9. The van der Waals surface area contributed by atoms with Gasteiger partial charge in [0.2, 0.25) is 0 Å². The number of aryl methyl sites for hydroxylation is 2. The van der Waals surface area contributed by atoms with Gasteiger partial charge in [0.15, 0.2) is 0 Å². The molecule has 0 fully saturated rings. The lowest BCUT2D eigenvalue weighted by molar-refractivity contribution is 0.970. The van der Waals surface area contributed by atoms with Gasteiger partial charge in [-0.3, -0.25) is 0 Å². The van der Waals surface area contributed by atoms with E-state index in [0.29, 0.717) is 11.5 Å². The summed E-state index contributed by atoms with van der Waals surface area (Å²) in [5, 5.41) is 8.63. The summed E-state index contributed by atoms with van der Waals surface area (Å²) in [6, 6.07) is 2.03. The Kier molecular flexibility index (Phi) is 1.86. The largest absolute Gasteiger partial charge is 0.238 e. The fourth-order valence-electron chi connectivity index (χ4n) is 0.877.